The molecule has 1 rings (SSSR count). The molecule has 7 heteroatoms. The summed E-state index contributed by atoms with van der Waals surface area (Å²) in [6.45, 7) is 1.27. The highest BCUT2D eigenvalue weighted by Gasteiger charge is 2.24. The Labute approximate surface area is 121 Å². The first-order valence-corrected chi connectivity index (χ1v) is 6.38. The van der Waals surface area contributed by atoms with Gasteiger partial charge in [0.25, 0.3) is 0 Å². The standard InChI is InChI=1S/C14H18FNO5/c1-14(20,8-13(18)19)9-16-12(17)6-7-21-11-4-2-10(15)3-5-11/h2-5,20H,6-9H2,1H3,(H,16,17)(H,18,19). The molecule has 0 bridgehead atoms. The Hall–Kier alpha value is -2.15. The van der Waals surface area contributed by atoms with Crippen LogP contribution < -0.4 is 10.1 Å². The molecule has 1 atom stereocenters. The van der Waals surface area contributed by atoms with Crippen LogP contribution in [0, 0.1) is 5.82 Å². The van der Waals surface area contributed by atoms with Crippen molar-refractivity contribution in [3.8, 4) is 5.75 Å². The molecule has 0 spiro atoms. The Kier molecular flexibility index (Phi) is 6.10. The number of carbonyl (C=O) groups excluding carboxylic acids is 1. The first kappa shape index (κ1) is 16.9. The normalized spacial score (nSPS) is 13.3. The second kappa shape index (κ2) is 7.58. The number of carboxylic acids is 1. The lowest BCUT2D eigenvalue weighted by atomic mass is 10.0. The second-order valence-corrected chi connectivity index (χ2v) is 4.90. The van der Waals surface area contributed by atoms with Gasteiger partial charge in [0.05, 0.1) is 25.0 Å². The lowest BCUT2D eigenvalue weighted by Gasteiger charge is -2.21. The fraction of sp³-hybridized carbons (Fsp3) is 0.429. The summed E-state index contributed by atoms with van der Waals surface area (Å²) in [5, 5.41) is 20.7. The number of rotatable bonds is 8. The summed E-state index contributed by atoms with van der Waals surface area (Å²) in [6, 6.07) is 5.40. The number of benzene rings is 1. The monoisotopic (exact) mass is 299 g/mol. The van der Waals surface area contributed by atoms with Crippen LogP contribution in [0.2, 0.25) is 0 Å². The summed E-state index contributed by atoms with van der Waals surface area (Å²) in [4.78, 5) is 22.0. The summed E-state index contributed by atoms with van der Waals surface area (Å²) in [6.07, 6.45) is -0.417. The maximum Gasteiger partial charge on any atom is 0.306 e. The van der Waals surface area contributed by atoms with Gasteiger partial charge in [-0.3, -0.25) is 9.59 Å². The Morgan fingerprint density at radius 1 is 1.33 bits per heavy atom. The van der Waals surface area contributed by atoms with Gasteiger partial charge in [-0.1, -0.05) is 0 Å². The largest absolute Gasteiger partial charge is 0.493 e. The van der Waals surface area contributed by atoms with E-state index in [-0.39, 0.29) is 31.3 Å². The molecule has 0 saturated heterocycles. The molecule has 0 aliphatic heterocycles. The van der Waals surface area contributed by atoms with Crippen LogP contribution in [0.25, 0.3) is 0 Å². The second-order valence-electron chi connectivity index (χ2n) is 4.90. The van der Waals surface area contributed by atoms with Crippen molar-refractivity contribution < 1.29 is 28.9 Å². The number of hydrogen-bond donors (Lipinski definition) is 3. The zero-order valence-electron chi connectivity index (χ0n) is 11.6. The first-order chi connectivity index (χ1) is 9.78. The van der Waals surface area contributed by atoms with Crippen molar-refractivity contribution >= 4 is 11.9 Å². The van der Waals surface area contributed by atoms with E-state index in [1.807, 2.05) is 0 Å². The maximum atomic E-state index is 12.7. The minimum atomic E-state index is -1.50. The SMILES string of the molecule is CC(O)(CNC(=O)CCOc1ccc(F)cc1)CC(=O)O. The molecule has 0 aromatic heterocycles. The van der Waals surface area contributed by atoms with Crippen LogP contribution in [-0.4, -0.2) is 40.8 Å². The fourth-order valence-electron chi connectivity index (χ4n) is 1.56. The molecule has 0 aliphatic rings. The molecule has 1 aromatic carbocycles. The molecule has 0 radical (unpaired) electrons. The van der Waals surface area contributed by atoms with E-state index in [1.165, 1.54) is 31.2 Å². The average Bonchev–Trinajstić information content (AvgIpc) is 2.37. The Bertz CT molecular complexity index is 487. The van der Waals surface area contributed by atoms with E-state index >= 15 is 0 Å². The van der Waals surface area contributed by atoms with Crippen molar-refractivity contribution in [3.63, 3.8) is 0 Å². The molecule has 6 nitrogen and oxygen atoms in total. The van der Waals surface area contributed by atoms with Gasteiger partial charge in [0.15, 0.2) is 0 Å². The van der Waals surface area contributed by atoms with Crippen LogP contribution in [0.3, 0.4) is 0 Å². The van der Waals surface area contributed by atoms with E-state index < -0.39 is 18.0 Å². The highest BCUT2D eigenvalue weighted by Crippen LogP contribution is 2.11. The van der Waals surface area contributed by atoms with Gasteiger partial charge in [-0.2, -0.15) is 0 Å². The van der Waals surface area contributed by atoms with Crippen LogP contribution in [0.1, 0.15) is 19.8 Å². The van der Waals surface area contributed by atoms with E-state index in [0.29, 0.717) is 5.75 Å². The lowest BCUT2D eigenvalue weighted by Crippen LogP contribution is -2.42. The van der Waals surface area contributed by atoms with E-state index in [4.69, 9.17) is 9.84 Å². The molecule has 21 heavy (non-hydrogen) atoms. The summed E-state index contributed by atoms with van der Waals surface area (Å²) in [5.41, 5.74) is -1.50. The predicted octanol–water partition coefficient (Wildman–Crippen LogP) is 0.936. The fourth-order valence-corrected chi connectivity index (χ4v) is 1.56. The van der Waals surface area contributed by atoms with Gasteiger partial charge >= 0.3 is 5.97 Å². The first-order valence-electron chi connectivity index (χ1n) is 6.38. The quantitative estimate of drug-likeness (QED) is 0.664. The molecule has 1 aromatic rings. The lowest BCUT2D eigenvalue weighted by molar-refractivity contribution is -0.142. The van der Waals surface area contributed by atoms with Crippen molar-refractivity contribution in [3.05, 3.63) is 30.1 Å². The number of hydrogen-bond acceptors (Lipinski definition) is 4. The smallest absolute Gasteiger partial charge is 0.306 e. The highest BCUT2D eigenvalue weighted by molar-refractivity contribution is 5.76. The topological polar surface area (TPSA) is 95.9 Å². The maximum absolute atomic E-state index is 12.7. The summed E-state index contributed by atoms with van der Waals surface area (Å²) >= 11 is 0. The highest BCUT2D eigenvalue weighted by atomic mass is 19.1. The summed E-state index contributed by atoms with van der Waals surface area (Å²) in [7, 11) is 0. The van der Waals surface area contributed by atoms with Crippen LogP contribution in [-0.2, 0) is 9.59 Å². The van der Waals surface area contributed by atoms with Gasteiger partial charge in [-0.05, 0) is 31.2 Å². The minimum absolute atomic E-state index is 0.0422. The molecular weight excluding hydrogens is 281 g/mol. The molecule has 0 fully saturated rings. The van der Waals surface area contributed by atoms with Gasteiger partial charge < -0.3 is 20.3 Å². The number of aliphatic hydroxyl groups is 1. The van der Waals surface area contributed by atoms with Crippen LogP contribution in [0.15, 0.2) is 24.3 Å². The van der Waals surface area contributed by atoms with Gasteiger partial charge in [0.1, 0.15) is 11.6 Å². The number of halogens is 1. The Morgan fingerprint density at radius 2 is 1.95 bits per heavy atom. The van der Waals surface area contributed by atoms with Crippen LogP contribution in [0.5, 0.6) is 5.75 Å². The molecule has 116 valence electrons. The zero-order valence-corrected chi connectivity index (χ0v) is 11.6. The van der Waals surface area contributed by atoms with Crippen molar-refractivity contribution in [1.29, 1.82) is 0 Å². The molecule has 0 heterocycles. The zero-order chi connectivity index (χ0) is 15.9. The van der Waals surface area contributed by atoms with Crippen LogP contribution in [0.4, 0.5) is 4.39 Å². The summed E-state index contributed by atoms with van der Waals surface area (Å²) < 4.78 is 17.9. The molecule has 1 unspecified atom stereocenters. The number of carbonyl (C=O) groups is 2. The third-order valence-corrected chi connectivity index (χ3v) is 2.61. The number of carboxylic acid groups (broad SMARTS) is 1. The molecule has 0 aliphatic carbocycles. The third-order valence-electron chi connectivity index (χ3n) is 2.61. The van der Waals surface area contributed by atoms with Crippen molar-refractivity contribution in [2.45, 2.75) is 25.4 Å². The number of aliphatic carboxylic acids is 1. The van der Waals surface area contributed by atoms with E-state index in [9.17, 15) is 19.1 Å². The Balaban J connectivity index is 2.25. The van der Waals surface area contributed by atoms with Gasteiger partial charge in [0.2, 0.25) is 5.91 Å². The molecule has 0 saturated carbocycles. The number of amides is 1. The molecular formula is C14H18FNO5. The van der Waals surface area contributed by atoms with E-state index in [0.717, 1.165) is 0 Å². The minimum Gasteiger partial charge on any atom is -0.493 e. The van der Waals surface area contributed by atoms with E-state index in [2.05, 4.69) is 5.32 Å². The third kappa shape index (κ3) is 7.26. The van der Waals surface area contributed by atoms with Gasteiger partial charge in [0, 0.05) is 6.54 Å². The van der Waals surface area contributed by atoms with E-state index in [1.54, 1.807) is 0 Å². The molecule has 3 N–H and O–H groups in total. The number of ether oxygens (including phenoxy) is 1. The van der Waals surface area contributed by atoms with Crippen molar-refractivity contribution in [1.82, 2.24) is 5.32 Å². The molecule has 1 amide bonds. The van der Waals surface area contributed by atoms with Crippen molar-refractivity contribution in [2.75, 3.05) is 13.2 Å². The van der Waals surface area contributed by atoms with Gasteiger partial charge in [-0.15, -0.1) is 0 Å². The average molecular weight is 299 g/mol. The predicted molar refractivity (Wildman–Crippen MR) is 72.4 cm³/mol. The van der Waals surface area contributed by atoms with Gasteiger partial charge in [-0.25, -0.2) is 4.39 Å². The number of nitrogens with one attached hydrogen (secondary N) is 1. The van der Waals surface area contributed by atoms with Crippen LogP contribution >= 0.6 is 0 Å². The summed E-state index contributed by atoms with van der Waals surface area (Å²) in [5.74, 6) is -1.44. The van der Waals surface area contributed by atoms with Crippen molar-refractivity contribution in [2.24, 2.45) is 0 Å². The Morgan fingerprint density at radius 3 is 2.52 bits per heavy atom.